The second-order valence-corrected chi connectivity index (χ2v) is 13.0. The lowest BCUT2D eigenvalue weighted by Gasteiger charge is -2.32. The molecule has 16 heteroatoms. The molecule has 0 bridgehead atoms. The first-order valence-electron chi connectivity index (χ1n) is 16.6. The minimum absolute atomic E-state index is 0.0643. The van der Waals surface area contributed by atoms with Gasteiger partial charge in [0.05, 0.1) is 23.3 Å². The number of halogens is 1. The Morgan fingerprint density at radius 1 is 1.06 bits per heavy atom. The Morgan fingerprint density at radius 3 is 2.63 bits per heavy atom. The quantitative estimate of drug-likeness (QED) is 0.191. The van der Waals surface area contributed by atoms with E-state index in [0.717, 1.165) is 29.1 Å². The zero-order valence-electron chi connectivity index (χ0n) is 28.2. The number of amides is 3. The number of aromatic nitrogens is 5. The zero-order valence-corrected chi connectivity index (χ0v) is 29.0. The molecule has 1 unspecified atom stereocenters. The van der Waals surface area contributed by atoms with E-state index >= 15 is 0 Å². The number of fused-ring (bicyclic) bond motifs is 2. The molecule has 264 valence electrons. The van der Waals surface area contributed by atoms with Crippen LogP contribution >= 0.6 is 11.6 Å². The molecule has 5 aromatic rings. The molecule has 3 N–H and O–H groups in total. The Balaban J connectivity index is 1.03. The maximum absolute atomic E-state index is 12.8. The standard InChI is InChI=1S/C35H36ClN9O6/c1-37-29(47)18-50-27-16-19-15-20(7-9-25(19)43(2)34(27)49)39-32-24(36)17-38-35(41-32)45-13-11-21(12-14-45)51-26-6-4-5-22-30(42-44(3)31(22)26)23-8-10-28(46)40-33(23)48/h4-7,9,15-17,21,23H,8,10-14,18H2,1-3H3,(H,37,47)(H,38,39,41)(H,40,46,48). The Labute approximate surface area is 296 Å². The van der Waals surface area contributed by atoms with Crippen molar-refractivity contribution >= 4 is 68.6 Å². The van der Waals surface area contributed by atoms with E-state index < -0.39 is 5.92 Å². The molecule has 1 atom stereocenters. The van der Waals surface area contributed by atoms with Gasteiger partial charge in [0.15, 0.2) is 18.2 Å². The van der Waals surface area contributed by atoms with E-state index in [4.69, 9.17) is 26.1 Å². The molecule has 5 heterocycles. The lowest BCUT2D eigenvalue weighted by molar-refractivity contribution is -0.134. The van der Waals surface area contributed by atoms with Crippen molar-refractivity contribution in [1.82, 2.24) is 34.9 Å². The number of nitrogens with one attached hydrogen (secondary N) is 3. The molecule has 2 aromatic carbocycles. The van der Waals surface area contributed by atoms with Crippen LogP contribution in [-0.4, -0.2) is 74.9 Å². The number of piperidine rings is 2. The highest BCUT2D eigenvalue weighted by molar-refractivity contribution is 6.33. The Bertz CT molecular complexity index is 2240. The highest BCUT2D eigenvalue weighted by atomic mass is 35.5. The highest BCUT2D eigenvalue weighted by Crippen LogP contribution is 2.36. The van der Waals surface area contributed by atoms with Crippen LogP contribution in [0.4, 0.5) is 17.5 Å². The van der Waals surface area contributed by atoms with Gasteiger partial charge in [0, 0.05) is 70.0 Å². The number of carbonyl (C=O) groups excluding carboxylic acids is 3. The number of anilines is 3. The van der Waals surface area contributed by atoms with E-state index in [1.54, 1.807) is 24.0 Å². The average molecular weight is 714 g/mol. The topological polar surface area (TPSA) is 175 Å². The molecule has 2 aliphatic rings. The van der Waals surface area contributed by atoms with Crippen molar-refractivity contribution in [2.24, 2.45) is 14.1 Å². The van der Waals surface area contributed by atoms with Crippen LogP contribution in [0, 0.1) is 0 Å². The second kappa shape index (κ2) is 13.9. The van der Waals surface area contributed by atoms with Gasteiger partial charge in [-0.25, -0.2) is 4.98 Å². The summed E-state index contributed by atoms with van der Waals surface area (Å²) in [5.74, 6) is 0.287. The normalized spacial score (nSPS) is 16.7. The van der Waals surface area contributed by atoms with Gasteiger partial charge in [-0.15, -0.1) is 0 Å². The van der Waals surface area contributed by atoms with Crippen molar-refractivity contribution in [1.29, 1.82) is 0 Å². The summed E-state index contributed by atoms with van der Waals surface area (Å²) < 4.78 is 15.2. The summed E-state index contributed by atoms with van der Waals surface area (Å²) in [7, 11) is 4.97. The average Bonchev–Trinajstić information content (AvgIpc) is 3.46. The minimum atomic E-state index is -0.492. The number of ether oxygens (including phenoxy) is 2. The maximum Gasteiger partial charge on any atom is 0.293 e. The first-order chi connectivity index (χ1) is 24.6. The molecular formula is C35H36ClN9O6. The first kappa shape index (κ1) is 33.8. The van der Waals surface area contributed by atoms with Crippen LogP contribution in [-0.2, 0) is 28.5 Å². The summed E-state index contributed by atoms with van der Waals surface area (Å²) in [6.45, 7) is 1.03. The highest BCUT2D eigenvalue weighted by Gasteiger charge is 2.32. The van der Waals surface area contributed by atoms with Gasteiger partial charge in [-0.2, -0.15) is 10.1 Å². The number of rotatable bonds is 9. The van der Waals surface area contributed by atoms with Crippen LogP contribution in [0.3, 0.4) is 0 Å². The van der Waals surface area contributed by atoms with Crippen molar-refractivity contribution in [3.8, 4) is 11.5 Å². The number of nitrogens with zero attached hydrogens (tertiary/aromatic N) is 6. The van der Waals surface area contributed by atoms with Crippen molar-refractivity contribution in [3.63, 3.8) is 0 Å². The van der Waals surface area contributed by atoms with Gasteiger partial charge in [-0.05, 0) is 36.8 Å². The van der Waals surface area contributed by atoms with Gasteiger partial charge in [0.2, 0.25) is 17.8 Å². The van der Waals surface area contributed by atoms with Crippen molar-refractivity contribution in [3.05, 3.63) is 69.7 Å². The molecule has 2 fully saturated rings. The van der Waals surface area contributed by atoms with Crippen LogP contribution in [0.15, 0.2) is 53.5 Å². The molecule has 3 amide bonds. The van der Waals surface area contributed by atoms with Crippen LogP contribution in [0.25, 0.3) is 21.8 Å². The molecule has 3 aromatic heterocycles. The predicted octanol–water partition coefficient (Wildman–Crippen LogP) is 3.31. The fraction of sp³-hybridized carbons (Fsp3) is 0.343. The Hall–Kier alpha value is -5.70. The number of imide groups is 1. The Morgan fingerprint density at radius 2 is 1.86 bits per heavy atom. The number of para-hydroxylation sites is 1. The van der Waals surface area contributed by atoms with Gasteiger partial charge in [0.25, 0.3) is 11.5 Å². The summed E-state index contributed by atoms with van der Waals surface area (Å²) in [5.41, 5.74) is 2.47. The van der Waals surface area contributed by atoms with Crippen LogP contribution in [0.2, 0.25) is 5.02 Å². The molecular weight excluding hydrogens is 678 g/mol. The summed E-state index contributed by atoms with van der Waals surface area (Å²) in [5, 5.41) is 14.7. The van der Waals surface area contributed by atoms with Crippen molar-refractivity contribution in [2.45, 2.75) is 37.7 Å². The number of aryl methyl sites for hydroxylation is 2. The smallest absolute Gasteiger partial charge is 0.293 e. The summed E-state index contributed by atoms with van der Waals surface area (Å²) in [6, 6.07) is 12.8. The largest absolute Gasteiger partial charge is 0.488 e. The van der Waals surface area contributed by atoms with Crippen LogP contribution in [0.1, 0.15) is 37.3 Å². The number of hydrogen-bond donors (Lipinski definition) is 3. The number of carbonyl (C=O) groups is 3. The second-order valence-electron chi connectivity index (χ2n) is 12.6. The molecule has 2 saturated heterocycles. The fourth-order valence-corrected chi connectivity index (χ4v) is 6.71. The van der Waals surface area contributed by atoms with Gasteiger partial charge >= 0.3 is 0 Å². The lowest BCUT2D eigenvalue weighted by atomic mass is 9.93. The molecule has 2 aliphatic heterocycles. The van der Waals surface area contributed by atoms with Crippen LogP contribution < -0.4 is 35.9 Å². The monoisotopic (exact) mass is 713 g/mol. The predicted molar refractivity (Wildman–Crippen MR) is 191 cm³/mol. The van der Waals surface area contributed by atoms with E-state index in [2.05, 4.69) is 30.9 Å². The minimum Gasteiger partial charge on any atom is -0.488 e. The molecule has 0 saturated carbocycles. The summed E-state index contributed by atoms with van der Waals surface area (Å²) >= 11 is 6.53. The number of benzene rings is 2. The SMILES string of the molecule is CNC(=O)COc1cc2cc(Nc3nc(N4CCC(Oc5cccc6c(C7CCC(=O)NC7=O)nn(C)c56)CC4)ncc3Cl)ccc2n(C)c1=O. The van der Waals surface area contributed by atoms with Crippen molar-refractivity contribution < 1.29 is 23.9 Å². The van der Waals surface area contributed by atoms with E-state index in [1.807, 2.05) is 43.4 Å². The third kappa shape index (κ3) is 6.76. The van der Waals surface area contributed by atoms with E-state index in [9.17, 15) is 19.2 Å². The van der Waals surface area contributed by atoms with E-state index in [-0.39, 0.29) is 48.2 Å². The van der Waals surface area contributed by atoms with Gasteiger partial charge in [-0.3, -0.25) is 29.2 Å². The molecule has 51 heavy (non-hydrogen) atoms. The summed E-state index contributed by atoms with van der Waals surface area (Å²) in [6.07, 6.45) is 3.64. The number of pyridine rings is 1. The van der Waals surface area contributed by atoms with Crippen molar-refractivity contribution in [2.75, 3.05) is 37.0 Å². The van der Waals surface area contributed by atoms with E-state index in [1.165, 1.54) is 11.6 Å². The molecule has 0 spiro atoms. The fourth-order valence-electron chi connectivity index (χ4n) is 6.57. The van der Waals surface area contributed by atoms with Crippen LogP contribution in [0.5, 0.6) is 11.5 Å². The van der Waals surface area contributed by atoms with Gasteiger partial charge < -0.3 is 29.6 Å². The third-order valence-electron chi connectivity index (χ3n) is 9.27. The number of likely N-dealkylation sites (N-methyl/N-ethyl adjacent to an activating group) is 1. The van der Waals surface area contributed by atoms with Gasteiger partial charge in [-0.1, -0.05) is 23.7 Å². The molecule has 15 nitrogen and oxygen atoms in total. The Kier molecular flexibility index (Phi) is 9.21. The molecule has 0 radical (unpaired) electrons. The maximum atomic E-state index is 12.8. The molecule has 0 aliphatic carbocycles. The lowest BCUT2D eigenvalue weighted by Crippen LogP contribution is -2.39. The van der Waals surface area contributed by atoms with Gasteiger partial charge in [0.1, 0.15) is 22.4 Å². The van der Waals surface area contributed by atoms with E-state index in [0.29, 0.717) is 58.9 Å². The zero-order chi connectivity index (χ0) is 35.8. The molecule has 7 rings (SSSR count). The summed E-state index contributed by atoms with van der Waals surface area (Å²) in [4.78, 5) is 60.1. The third-order valence-corrected chi connectivity index (χ3v) is 9.54. The first-order valence-corrected chi connectivity index (χ1v) is 16.9. The number of hydrogen-bond acceptors (Lipinski definition) is 11.